The molecule has 2 aliphatic carbocycles. The topological polar surface area (TPSA) is 36.9 Å². The number of ether oxygens (including phenoxy) is 4. The fourth-order valence-electron chi connectivity index (χ4n) is 3.71. The lowest BCUT2D eigenvalue weighted by Gasteiger charge is -2.29. The number of hydrogen-bond acceptors (Lipinski definition) is 4. The van der Waals surface area contributed by atoms with Gasteiger partial charge in [0.1, 0.15) is 12.2 Å². The third kappa shape index (κ3) is 3.35. The Kier molecular flexibility index (Phi) is 5.96. The second kappa shape index (κ2) is 8.39. The van der Waals surface area contributed by atoms with Gasteiger partial charge in [-0.15, -0.1) is 0 Å². The molecule has 3 rings (SSSR count). The quantitative estimate of drug-likeness (QED) is 0.761. The molecule has 2 unspecified atom stereocenters. The van der Waals surface area contributed by atoms with Crippen LogP contribution in [0.25, 0.3) is 11.1 Å². The minimum Gasteiger partial charge on any atom is -0.493 e. The number of benzene rings is 1. The molecule has 0 saturated heterocycles. The second-order valence-corrected chi connectivity index (χ2v) is 6.23. The maximum Gasteiger partial charge on any atom is 0.164 e. The monoisotopic (exact) mass is 354 g/mol. The Labute approximate surface area is 155 Å². The summed E-state index contributed by atoms with van der Waals surface area (Å²) in [7, 11) is 6.80. The number of rotatable bonds is 6. The van der Waals surface area contributed by atoms with Gasteiger partial charge in [0.15, 0.2) is 11.5 Å². The van der Waals surface area contributed by atoms with E-state index in [0.29, 0.717) is 0 Å². The largest absolute Gasteiger partial charge is 0.493 e. The van der Waals surface area contributed by atoms with Gasteiger partial charge in [-0.3, -0.25) is 0 Å². The molecule has 26 heavy (non-hydrogen) atoms. The fraction of sp³-hybridized carbons (Fsp3) is 0.364. The fourth-order valence-corrected chi connectivity index (χ4v) is 3.71. The van der Waals surface area contributed by atoms with Crippen molar-refractivity contribution < 1.29 is 18.9 Å². The van der Waals surface area contributed by atoms with Gasteiger partial charge in [0.2, 0.25) is 0 Å². The molecule has 0 amide bonds. The summed E-state index contributed by atoms with van der Waals surface area (Å²) < 4.78 is 22.6. The Balaban J connectivity index is 2.13. The molecule has 0 bridgehead atoms. The molecular weight excluding hydrogens is 328 g/mol. The molecule has 4 heteroatoms. The van der Waals surface area contributed by atoms with Crippen LogP contribution in [-0.4, -0.2) is 40.6 Å². The summed E-state index contributed by atoms with van der Waals surface area (Å²) in [4.78, 5) is 0. The van der Waals surface area contributed by atoms with Crippen LogP contribution in [0.1, 0.15) is 24.0 Å². The van der Waals surface area contributed by atoms with E-state index in [9.17, 15) is 0 Å². The SMILES string of the molecule is COC1=CCCC(c2ccccc2C2=CC=CC(OC)C2OC)=C1OC. The van der Waals surface area contributed by atoms with Crippen LogP contribution in [0.3, 0.4) is 0 Å². The summed E-state index contributed by atoms with van der Waals surface area (Å²) in [6.45, 7) is 0. The molecule has 4 nitrogen and oxygen atoms in total. The van der Waals surface area contributed by atoms with Gasteiger partial charge in [-0.1, -0.05) is 42.5 Å². The number of allylic oxidation sites excluding steroid dienone is 4. The average Bonchev–Trinajstić information content (AvgIpc) is 2.72. The zero-order chi connectivity index (χ0) is 18.5. The highest BCUT2D eigenvalue weighted by molar-refractivity contribution is 5.84. The minimum atomic E-state index is -0.154. The lowest BCUT2D eigenvalue weighted by Crippen LogP contribution is -2.31. The van der Waals surface area contributed by atoms with E-state index in [-0.39, 0.29) is 12.2 Å². The predicted octanol–water partition coefficient (Wildman–Crippen LogP) is 4.35. The summed E-state index contributed by atoms with van der Waals surface area (Å²) in [5.74, 6) is 1.59. The zero-order valence-corrected chi connectivity index (χ0v) is 15.8. The molecule has 0 radical (unpaired) electrons. The molecule has 138 valence electrons. The first-order valence-corrected chi connectivity index (χ1v) is 8.80. The molecule has 0 fully saturated rings. The minimum absolute atomic E-state index is 0.107. The van der Waals surface area contributed by atoms with Gasteiger partial charge in [0.05, 0.1) is 14.2 Å². The molecule has 2 aliphatic rings. The van der Waals surface area contributed by atoms with Crippen molar-refractivity contribution in [2.75, 3.05) is 28.4 Å². The number of hydrogen-bond donors (Lipinski definition) is 0. The molecule has 0 N–H and O–H groups in total. The third-order valence-electron chi connectivity index (χ3n) is 4.92. The van der Waals surface area contributed by atoms with Crippen LogP contribution in [0.5, 0.6) is 0 Å². The van der Waals surface area contributed by atoms with Gasteiger partial charge in [0, 0.05) is 19.8 Å². The Morgan fingerprint density at radius 1 is 0.923 bits per heavy atom. The van der Waals surface area contributed by atoms with Crippen LogP contribution in [0.2, 0.25) is 0 Å². The summed E-state index contributed by atoms with van der Waals surface area (Å²) in [5.41, 5.74) is 4.54. The summed E-state index contributed by atoms with van der Waals surface area (Å²) in [6, 6.07) is 8.37. The van der Waals surface area contributed by atoms with Crippen LogP contribution in [-0.2, 0) is 18.9 Å². The van der Waals surface area contributed by atoms with E-state index in [1.807, 2.05) is 12.2 Å². The van der Waals surface area contributed by atoms with Crippen molar-refractivity contribution in [3.63, 3.8) is 0 Å². The van der Waals surface area contributed by atoms with Crippen LogP contribution < -0.4 is 0 Å². The van der Waals surface area contributed by atoms with Crippen molar-refractivity contribution in [2.45, 2.75) is 25.0 Å². The molecule has 1 aromatic rings. The van der Waals surface area contributed by atoms with E-state index in [4.69, 9.17) is 18.9 Å². The molecule has 0 aromatic heterocycles. The first-order valence-electron chi connectivity index (χ1n) is 8.80. The first-order chi connectivity index (χ1) is 12.7. The van der Waals surface area contributed by atoms with Gasteiger partial charge >= 0.3 is 0 Å². The normalized spacial score (nSPS) is 22.8. The summed E-state index contributed by atoms with van der Waals surface area (Å²) in [6.07, 6.45) is 9.80. The van der Waals surface area contributed by atoms with E-state index >= 15 is 0 Å². The second-order valence-electron chi connectivity index (χ2n) is 6.23. The van der Waals surface area contributed by atoms with E-state index < -0.39 is 0 Å². The first kappa shape index (κ1) is 18.5. The molecule has 1 aromatic carbocycles. The molecular formula is C22H26O4. The highest BCUT2D eigenvalue weighted by Gasteiger charge is 2.29. The summed E-state index contributed by atoms with van der Waals surface area (Å²) in [5, 5.41) is 0. The number of methoxy groups -OCH3 is 4. The lowest BCUT2D eigenvalue weighted by molar-refractivity contribution is 0.0194. The van der Waals surface area contributed by atoms with Crippen molar-refractivity contribution in [2.24, 2.45) is 0 Å². The van der Waals surface area contributed by atoms with E-state index in [0.717, 1.165) is 46.6 Å². The van der Waals surface area contributed by atoms with E-state index in [1.54, 1.807) is 28.4 Å². The van der Waals surface area contributed by atoms with Gasteiger partial charge in [0.25, 0.3) is 0 Å². The van der Waals surface area contributed by atoms with Gasteiger partial charge in [-0.05, 0) is 35.6 Å². The summed E-state index contributed by atoms with van der Waals surface area (Å²) >= 11 is 0. The molecule has 0 aliphatic heterocycles. The van der Waals surface area contributed by atoms with E-state index in [1.165, 1.54) is 0 Å². The van der Waals surface area contributed by atoms with Crippen molar-refractivity contribution >= 4 is 11.1 Å². The van der Waals surface area contributed by atoms with Crippen molar-refractivity contribution in [3.05, 3.63) is 71.2 Å². The third-order valence-corrected chi connectivity index (χ3v) is 4.92. The van der Waals surface area contributed by atoms with Gasteiger partial charge in [-0.25, -0.2) is 0 Å². The molecule has 0 heterocycles. The highest BCUT2D eigenvalue weighted by Crippen LogP contribution is 2.39. The van der Waals surface area contributed by atoms with Crippen LogP contribution in [0, 0.1) is 0 Å². The van der Waals surface area contributed by atoms with Gasteiger partial charge < -0.3 is 18.9 Å². The zero-order valence-electron chi connectivity index (χ0n) is 15.8. The standard InChI is InChI=1S/C22H26O4/c1-23-19-13-7-11-17(21(19)25-3)15-9-5-6-10-16(15)18-12-8-14-20(24-2)22(18)26-4/h5-7,9-11,13-14,19,21H,8,12H2,1-4H3. The maximum atomic E-state index is 5.77. The Bertz CT molecular complexity index is 770. The van der Waals surface area contributed by atoms with Crippen LogP contribution >= 0.6 is 0 Å². The Hall–Kier alpha value is -2.30. The predicted molar refractivity (Wildman–Crippen MR) is 103 cm³/mol. The van der Waals surface area contributed by atoms with Gasteiger partial charge in [-0.2, -0.15) is 0 Å². The van der Waals surface area contributed by atoms with Crippen molar-refractivity contribution in [3.8, 4) is 0 Å². The average molecular weight is 354 g/mol. The Morgan fingerprint density at radius 3 is 2.35 bits per heavy atom. The molecule has 2 atom stereocenters. The van der Waals surface area contributed by atoms with Crippen LogP contribution in [0.4, 0.5) is 0 Å². The lowest BCUT2D eigenvalue weighted by atomic mass is 9.85. The van der Waals surface area contributed by atoms with Crippen molar-refractivity contribution in [1.29, 1.82) is 0 Å². The molecule has 0 spiro atoms. The highest BCUT2D eigenvalue weighted by atomic mass is 16.5. The van der Waals surface area contributed by atoms with E-state index in [2.05, 4.69) is 36.4 Å². The van der Waals surface area contributed by atoms with Crippen LogP contribution in [0.15, 0.2) is 60.1 Å². The molecule has 0 saturated carbocycles. The Morgan fingerprint density at radius 2 is 1.69 bits per heavy atom. The maximum absolute atomic E-state index is 5.77. The smallest absolute Gasteiger partial charge is 0.164 e. The van der Waals surface area contributed by atoms with Crippen molar-refractivity contribution in [1.82, 2.24) is 0 Å².